The lowest BCUT2D eigenvalue weighted by Gasteiger charge is -1.99. The number of carbonyl (C=O) groups excluding carboxylic acids is 1. The molecule has 0 saturated heterocycles. The Morgan fingerprint density at radius 1 is 1.21 bits per heavy atom. The molecule has 0 aliphatic rings. The van der Waals surface area contributed by atoms with Crippen molar-refractivity contribution < 1.29 is 15.0 Å². The summed E-state index contributed by atoms with van der Waals surface area (Å²) in [7, 11) is 0. The van der Waals surface area contributed by atoms with Crippen LogP contribution in [0.15, 0.2) is 23.9 Å². The van der Waals surface area contributed by atoms with E-state index in [1.807, 2.05) is 0 Å². The fourth-order valence-corrected chi connectivity index (χ4v) is 0.881. The number of benzene rings is 1. The highest BCUT2D eigenvalue weighted by Crippen LogP contribution is 2.25. The van der Waals surface area contributed by atoms with Gasteiger partial charge in [-0.3, -0.25) is 4.79 Å². The number of hydrogen-bond donors (Lipinski definition) is 4. The van der Waals surface area contributed by atoms with Crippen molar-refractivity contribution in [3.05, 3.63) is 29.5 Å². The van der Waals surface area contributed by atoms with Crippen molar-refractivity contribution in [2.75, 3.05) is 0 Å². The molecule has 0 aliphatic carbocycles. The Bertz CT molecular complexity index is 399. The number of aromatic hydroxyl groups is 2. The van der Waals surface area contributed by atoms with Gasteiger partial charge >= 0.3 is 0 Å². The maximum absolute atomic E-state index is 10.6. The number of carbonyl (C=O) groups is 1. The van der Waals surface area contributed by atoms with Crippen LogP contribution < -0.4 is 11.5 Å². The molecule has 1 amide bonds. The normalized spacial score (nSPS) is 11.3. The summed E-state index contributed by atoms with van der Waals surface area (Å²) in [5, 5.41) is 18.1. The fraction of sp³-hybridized carbons (Fsp3) is 0. The zero-order chi connectivity index (χ0) is 10.7. The lowest BCUT2D eigenvalue weighted by atomic mass is 10.1. The molecule has 6 N–H and O–H groups in total. The Balaban J connectivity index is 3.04. The van der Waals surface area contributed by atoms with Gasteiger partial charge in [0.1, 0.15) is 0 Å². The van der Waals surface area contributed by atoms with Gasteiger partial charge in [-0.2, -0.15) is 0 Å². The van der Waals surface area contributed by atoms with Crippen molar-refractivity contribution in [1.82, 2.24) is 0 Å². The summed E-state index contributed by atoms with van der Waals surface area (Å²) < 4.78 is 0. The average molecular weight is 194 g/mol. The topological polar surface area (TPSA) is 110 Å². The van der Waals surface area contributed by atoms with Crippen LogP contribution in [0.1, 0.15) is 5.56 Å². The number of rotatable bonds is 2. The predicted octanol–water partition coefficient (Wildman–Crippen LogP) is -0.117. The van der Waals surface area contributed by atoms with E-state index >= 15 is 0 Å². The zero-order valence-electron chi connectivity index (χ0n) is 7.27. The molecule has 0 fully saturated rings. The van der Waals surface area contributed by atoms with Gasteiger partial charge in [0.15, 0.2) is 11.5 Å². The maximum Gasteiger partial charge on any atom is 0.264 e. The average Bonchev–Trinajstić information content (AvgIpc) is 2.11. The quantitative estimate of drug-likeness (QED) is 0.388. The number of nitrogens with two attached hydrogens (primary N) is 2. The molecule has 1 rings (SSSR count). The molecule has 5 heteroatoms. The lowest BCUT2D eigenvalue weighted by molar-refractivity contribution is -0.114. The van der Waals surface area contributed by atoms with Crippen molar-refractivity contribution in [1.29, 1.82) is 0 Å². The van der Waals surface area contributed by atoms with Gasteiger partial charge in [-0.15, -0.1) is 0 Å². The highest BCUT2D eigenvalue weighted by Gasteiger charge is 2.01. The largest absolute Gasteiger partial charge is 0.504 e. The summed E-state index contributed by atoms with van der Waals surface area (Å²) in [6.07, 6.45) is 1.31. The molecular formula is C9H10N2O3. The summed E-state index contributed by atoms with van der Waals surface area (Å²) in [6, 6.07) is 4.05. The minimum atomic E-state index is -0.738. The van der Waals surface area contributed by atoms with Crippen molar-refractivity contribution in [3.8, 4) is 11.5 Å². The summed E-state index contributed by atoms with van der Waals surface area (Å²) >= 11 is 0. The number of phenolic OH excluding ortho intramolecular Hbond substituents is 2. The second-order valence-corrected chi connectivity index (χ2v) is 2.71. The van der Waals surface area contributed by atoms with Crippen LogP contribution in [-0.4, -0.2) is 16.1 Å². The van der Waals surface area contributed by atoms with Crippen molar-refractivity contribution in [3.63, 3.8) is 0 Å². The molecule has 1 aromatic rings. The van der Waals surface area contributed by atoms with E-state index in [2.05, 4.69) is 0 Å². The minimum absolute atomic E-state index is 0.116. The number of hydrogen-bond acceptors (Lipinski definition) is 4. The molecule has 74 valence electrons. The van der Waals surface area contributed by atoms with Crippen LogP contribution in [0.4, 0.5) is 0 Å². The van der Waals surface area contributed by atoms with Gasteiger partial charge in [0.05, 0.1) is 5.70 Å². The first-order valence-corrected chi connectivity index (χ1v) is 3.79. The first kappa shape index (κ1) is 9.91. The number of primary amides is 1. The highest BCUT2D eigenvalue weighted by atomic mass is 16.3. The van der Waals surface area contributed by atoms with Crippen LogP contribution in [0.25, 0.3) is 6.08 Å². The summed E-state index contributed by atoms with van der Waals surface area (Å²) in [6.45, 7) is 0. The van der Waals surface area contributed by atoms with Gasteiger partial charge in [-0.05, 0) is 23.8 Å². The van der Waals surface area contributed by atoms with Crippen LogP contribution in [0.2, 0.25) is 0 Å². The number of amides is 1. The maximum atomic E-state index is 10.6. The van der Waals surface area contributed by atoms with Gasteiger partial charge in [-0.25, -0.2) is 0 Å². The molecule has 0 radical (unpaired) electrons. The molecule has 0 aromatic heterocycles. The summed E-state index contributed by atoms with van der Waals surface area (Å²) in [5.74, 6) is -1.26. The van der Waals surface area contributed by atoms with Crippen molar-refractivity contribution in [2.45, 2.75) is 0 Å². The molecule has 0 spiro atoms. The van der Waals surface area contributed by atoms with E-state index in [-0.39, 0.29) is 17.2 Å². The zero-order valence-corrected chi connectivity index (χ0v) is 7.27. The Morgan fingerprint density at radius 3 is 2.36 bits per heavy atom. The molecule has 14 heavy (non-hydrogen) atoms. The third kappa shape index (κ3) is 2.16. The number of phenols is 2. The molecule has 0 heterocycles. The van der Waals surface area contributed by atoms with Gasteiger partial charge in [0.2, 0.25) is 0 Å². The van der Waals surface area contributed by atoms with Crippen LogP contribution in [0, 0.1) is 0 Å². The summed E-state index contributed by atoms with van der Waals surface area (Å²) in [4.78, 5) is 10.6. The van der Waals surface area contributed by atoms with Crippen molar-refractivity contribution >= 4 is 12.0 Å². The van der Waals surface area contributed by atoms with Crippen LogP contribution >= 0.6 is 0 Å². The van der Waals surface area contributed by atoms with Crippen LogP contribution in [-0.2, 0) is 4.79 Å². The van der Waals surface area contributed by atoms with E-state index in [1.54, 1.807) is 0 Å². The Morgan fingerprint density at radius 2 is 1.86 bits per heavy atom. The van der Waals surface area contributed by atoms with Gasteiger partial charge in [0.25, 0.3) is 5.91 Å². The Hall–Kier alpha value is -2.17. The second kappa shape index (κ2) is 3.69. The van der Waals surface area contributed by atoms with E-state index in [9.17, 15) is 4.79 Å². The summed E-state index contributed by atoms with van der Waals surface area (Å²) in [5.41, 5.74) is 10.6. The molecule has 0 atom stereocenters. The SMILES string of the molecule is NC(=O)/C(N)=C/c1ccc(O)c(O)c1. The van der Waals surface area contributed by atoms with E-state index in [0.29, 0.717) is 5.56 Å². The third-order valence-corrected chi connectivity index (χ3v) is 1.61. The highest BCUT2D eigenvalue weighted by molar-refractivity contribution is 5.95. The van der Waals surface area contributed by atoms with Crippen molar-refractivity contribution in [2.24, 2.45) is 11.5 Å². The molecule has 0 bridgehead atoms. The Kier molecular flexibility index (Phi) is 2.62. The van der Waals surface area contributed by atoms with Crippen LogP contribution in [0.3, 0.4) is 0 Å². The Labute approximate surface area is 80.3 Å². The molecule has 1 aromatic carbocycles. The monoisotopic (exact) mass is 194 g/mol. The van der Waals surface area contributed by atoms with Gasteiger partial charge < -0.3 is 21.7 Å². The van der Waals surface area contributed by atoms with E-state index in [1.165, 1.54) is 24.3 Å². The van der Waals surface area contributed by atoms with E-state index in [4.69, 9.17) is 21.7 Å². The van der Waals surface area contributed by atoms with Gasteiger partial charge in [0, 0.05) is 0 Å². The first-order chi connectivity index (χ1) is 6.50. The molecular weight excluding hydrogens is 184 g/mol. The smallest absolute Gasteiger partial charge is 0.264 e. The van der Waals surface area contributed by atoms with Crippen LogP contribution in [0.5, 0.6) is 11.5 Å². The third-order valence-electron chi connectivity index (χ3n) is 1.61. The fourth-order valence-electron chi connectivity index (χ4n) is 0.881. The molecule has 0 unspecified atom stereocenters. The minimum Gasteiger partial charge on any atom is -0.504 e. The first-order valence-electron chi connectivity index (χ1n) is 3.79. The predicted molar refractivity (Wildman–Crippen MR) is 51.1 cm³/mol. The van der Waals surface area contributed by atoms with E-state index < -0.39 is 5.91 Å². The van der Waals surface area contributed by atoms with E-state index in [0.717, 1.165) is 0 Å². The second-order valence-electron chi connectivity index (χ2n) is 2.71. The molecule has 0 aliphatic heterocycles. The standard InChI is InChI=1S/C9H10N2O3/c10-6(9(11)14)3-5-1-2-7(12)8(13)4-5/h1-4,12-13H,10H2,(H2,11,14)/b6-3-. The molecule has 0 saturated carbocycles. The molecule has 5 nitrogen and oxygen atoms in total. The lowest BCUT2D eigenvalue weighted by Crippen LogP contribution is -2.19. The van der Waals surface area contributed by atoms with Gasteiger partial charge in [-0.1, -0.05) is 6.07 Å².